The van der Waals surface area contributed by atoms with E-state index in [-0.39, 0.29) is 0 Å². The summed E-state index contributed by atoms with van der Waals surface area (Å²) in [5.74, 6) is 2.63. The maximum atomic E-state index is 4.54. The second-order valence-electron chi connectivity index (χ2n) is 5.15. The van der Waals surface area contributed by atoms with Crippen LogP contribution in [0.25, 0.3) is 0 Å². The van der Waals surface area contributed by atoms with E-state index in [1.165, 1.54) is 19.3 Å². The highest BCUT2D eigenvalue weighted by molar-refractivity contribution is 4.94. The number of nitrogens with zero attached hydrogens (tertiary/aromatic N) is 2. The molecule has 1 unspecified atom stereocenters. The van der Waals surface area contributed by atoms with Crippen LogP contribution in [0.1, 0.15) is 44.8 Å². The highest BCUT2D eigenvalue weighted by Gasteiger charge is 2.15. The third-order valence-electron chi connectivity index (χ3n) is 3.02. The Kier molecular flexibility index (Phi) is 3.93. The van der Waals surface area contributed by atoms with E-state index in [2.05, 4.69) is 34.3 Å². The number of aromatic nitrogens is 3. The molecule has 0 saturated carbocycles. The minimum absolute atomic E-state index is 0.580. The molecule has 2 heterocycles. The van der Waals surface area contributed by atoms with E-state index < -0.39 is 0 Å². The van der Waals surface area contributed by atoms with Crippen molar-refractivity contribution in [1.82, 2.24) is 20.5 Å². The third-order valence-corrected chi connectivity index (χ3v) is 3.02. The number of piperidine rings is 1. The summed E-state index contributed by atoms with van der Waals surface area (Å²) >= 11 is 0. The lowest BCUT2D eigenvalue weighted by molar-refractivity contribution is 0.394. The van der Waals surface area contributed by atoms with Gasteiger partial charge in [0.25, 0.3) is 0 Å². The zero-order valence-electron chi connectivity index (χ0n) is 10.3. The molecule has 1 saturated heterocycles. The van der Waals surface area contributed by atoms with Gasteiger partial charge in [0, 0.05) is 18.9 Å². The van der Waals surface area contributed by atoms with E-state index in [4.69, 9.17) is 0 Å². The average molecular weight is 222 g/mol. The Balaban J connectivity index is 1.86. The van der Waals surface area contributed by atoms with Crippen LogP contribution in [-0.2, 0) is 12.8 Å². The average Bonchev–Trinajstić information content (AvgIpc) is 2.66. The van der Waals surface area contributed by atoms with Crippen molar-refractivity contribution in [2.75, 3.05) is 6.54 Å². The molecule has 1 aliphatic rings. The van der Waals surface area contributed by atoms with Gasteiger partial charge in [-0.15, -0.1) is 0 Å². The van der Waals surface area contributed by atoms with Gasteiger partial charge in [0.2, 0.25) is 0 Å². The first kappa shape index (κ1) is 11.6. The van der Waals surface area contributed by atoms with Crippen LogP contribution in [0.5, 0.6) is 0 Å². The van der Waals surface area contributed by atoms with Crippen molar-refractivity contribution < 1.29 is 0 Å². The van der Waals surface area contributed by atoms with Crippen LogP contribution in [0, 0.1) is 5.92 Å². The van der Waals surface area contributed by atoms with Gasteiger partial charge in [0.05, 0.1) is 0 Å². The zero-order chi connectivity index (χ0) is 11.4. The number of H-pyrrole nitrogens is 1. The van der Waals surface area contributed by atoms with E-state index >= 15 is 0 Å². The molecule has 1 aromatic heterocycles. The van der Waals surface area contributed by atoms with Gasteiger partial charge < -0.3 is 5.32 Å². The standard InChI is InChI=1S/C12H22N4/c1-9(2)7-11-14-12(16-15-11)8-10-5-3-4-6-13-10/h9-10,13H,3-8H2,1-2H3,(H,14,15,16). The highest BCUT2D eigenvalue weighted by Crippen LogP contribution is 2.11. The lowest BCUT2D eigenvalue weighted by atomic mass is 10.0. The minimum atomic E-state index is 0.580. The Morgan fingerprint density at radius 2 is 2.25 bits per heavy atom. The molecular formula is C12H22N4. The molecule has 0 radical (unpaired) electrons. The van der Waals surface area contributed by atoms with E-state index in [0.717, 1.165) is 31.0 Å². The SMILES string of the molecule is CC(C)Cc1nc(CC2CCCCN2)n[nH]1. The van der Waals surface area contributed by atoms with Crippen molar-refractivity contribution in [1.29, 1.82) is 0 Å². The Morgan fingerprint density at radius 1 is 1.38 bits per heavy atom. The van der Waals surface area contributed by atoms with Crippen molar-refractivity contribution in [2.24, 2.45) is 5.92 Å². The Labute approximate surface area is 97.2 Å². The minimum Gasteiger partial charge on any atom is -0.314 e. The van der Waals surface area contributed by atoms with Crippen LogP contribution >= 0.6 is 0 Å². The molecule has 0 amide bonds. The molecule has 1 fully saturated rings. The fourth-order valence-corrected chi connectivity index (χ4v) is 2.22. The first-order valence-corrected chi connectivity index (χ1v) is 6.37. The maximum Gasteiger partial charge on any atom is 0.152 e. The number of hydrogen-bond acceptors (Lipinski definition) is 3. The fraction of sp³-hybridized carbons (Fsp3) is 0.833. The first-order chi connectivity index (χ1) is 7.74. The molecule has 4 nitrogen and oxygen atoms in total. The summed E-state index contributed by atoms with van der Waals surface area (Å²) in [6.07, 6.45) is 5.86. The molecule has 90 valence electrons. The summed E-state index contributed by atoms with van der Waals surface area (Å²) in [4.78, 5) is 4.54. The third kappa shape index (κ3) is 3.30. The van der Waals surface area contributed by atoms with Gasteiger partial charge >= 0.3 is 0 Å². The molecule has 0 aliphatic carbocycles. The van der Waals surface area contributed by atoms with E-state index in [1.807, 2.05) is 0 Å². The van der Waals surface area contributed by atoms with Crippen molar-refractivity contribution in [3.8, 4) is 0 Å². The van der Waals surface area contributed by atoms with Gasteiger partial charge in [-0.3, -0.25) is 5.10 Å². The lowest BCUT2D eigenvalue weighted by Crippen LogP contribution is -2.35. The van der Waals surface area contributed by atoms with E-state index in [1.54, 1.807) is 0 Å². The normalized spacial score (nSPS) is 21.6. The zero-order valence-corrected chi connectivity index (χ0v) is 10.3. The van der Waals surface area contributed by atoms with Crippen LogP contribution in [0.2, 0.25) is 0 Å². The number of hydrogen-bond donors (Lipinski definition) is 2. The molecular weight excluding hydrogens is 200 g/mol. The predicted molar refractivity (Wildman–Crippen MR) is 64.3 cm³/mol. The first-order valence-electron chi connectivity index (χ1n) is 6.37. The number of aromatic amines is 1. The molecule has 16 heavy (non-hydrogen) atoms. The highest BCUT2D eigenvalue weighted by atomic mass is 15.2. The van der Waals surface area contributed by atoms with Crippen molar-refractivity contribution in [3.05, 3.63) is 11.6 Å². The van der Waals surface area contributed by atoms with Gasteiger partial charge in [0.15, 0.2) is 5.82 Å². The second-order valence-corrected chi connectivity index (χ2v) is 5.15. The van der Waals surface area contributed by atoms with Gasteiger partial charge in [0.1, 0.15) is 5.82 Å². The summed E-state index contributed by atoms with van der Waals surface area (Å²) in [5.41, 5.74) is 0. The molecule has 1 aromatic rings. The maximum absolute atomic E-state index is 4.54. The van der Waals surface area contributed by atoms with E-state index in [0.29, 0.717) is 12.0 Å². The summed E-state index contributed by atoms with van der Waals surface area (Å²) < 4.78 is 0. The molecule has 2 rings (SSSR count). The molecule has 4 heteroatoms. The van der Waals surface area contributed by atoms with Crippen LogP contribution in [0.15, 0.2) is 0 Å². The van der Waals surface area contributed by atoms with Crippen LogP contribution in [-0.4, -0.2) is 27.8 Å². The summed E-state index contributed by atoms with van der Waals surface area (Å²) in [7, 11) is 0. The predicted octanol–water partition coefficient (Wildman–Crippen LogP) is 1.69. The van der Waals surface area contributed by atoms with Crippen molar-refractivity contribution in [3.63, 3.8) is 0 Å². The summed E-state index contributed by atoms with van der Waals surface area (Å²) in [6.45, 7) is 5.55. The monoisotopic (exact) mass is 222 g/mol. The fourth-order valence-electron chi connectivity index (χ4n) is 2.22. The molecule has 0 bridgehead atoms. The smallest absolute Gasteiger partial charge is 0.152 e. The molecule has 1 aliphatic heterocycles. The van der Waals surface area contributed by atoms with Gasteiger partial charge in [-0.05, 0) is 25.3 Å². The molecule has 0 aromatic carbocycles. The van der Waals surface area contributed by atoms with E-state index in [9.17, 15) is 0 Å². The number of nitrogens with one attached hydrogen (secondary N) is 2. The molecule has 1 atom stereocenters. The largest absolute Gasteiger partial charge is 0.314 e. The van der Waals surface area contributed by atoms with Crippen LogP contribution in [0.3, 0.4) is 0 Å². The van der Waals surface area contributed by atoms with Crippen molar-refractivity contribution in [2.45, 2.75) is 52.0 Å². The van der Waals surface area contributed by atoms with Crippen molar-refractivity contribution >= 4 is 0 Å². The van der Waals surface area contributed by atoms with Crippen LogP contribution in [0.4, 0.5) is 0 Å². The quantitative estimate of drug-likeness (QED) is 0.815. The Morgan fingerprint density at radius 3 is 2.94 bits per heavy atom. The van der Waals surface area contributed by atoms with Crippen LogP contribution < -0.4 is 5.32 Å². The second kappa shape index (κ2) is 5.43. The Hall–Kier alpha value is -0.900. The lowest BCUT2D eigenvalue weighted by Gasteiger charge is -2.21. The Bertz CT molecular complexity index is 313. The number of rotatable bonds is 4. The van der Waals surface area contributed by atoms with Gasteiger partial charge in [-0.2, -0.15) is 5.10 Å². The summed E-state index contributed by atoms with van der Waals surface area (Å²) in [6, 6.07) is 0.580. The summed E-state index contributed by atoms with van der Waals surface area (Å²) in [5, 5.41) is 10.8. The molecule has 0 spiro atoms. The van der Waals surface area contributed by atoms with Gasteiger partial charge in [-0.1, -0.05) is 20.3 Å². The van der Waals surface area contributed by atoms with Gasteiger partial charge in [-0.25, -0.2) is 4.98 Å². The molecule has 2 N–H and O–H groups in total. The topological polar surface area (TPSA) is 53.6 Å².